The Morgan fingerprint density at radius 3 is 2.20 bits per heavy atom. The summed E-state index contributed by atoms with van der Waals surface area (Å²) in [5.74, 6) is 1.38. The van der Waals surface area contributed by atoms with Gasteiger partial charge in [0, 0.05) is 25.7 Å². The smallest absolute Gasteiger partial charge is 0.234 e. The van der Waals surface area contributed by atoms with Crippen LogP contribution in [0.5, 0.6) is 0 Å². The van der Waals surface area contributed by atoms with Crippen LogP contribution in [0.15, 0.2) is 0 Å². The maximum Gasteiger partial charge on any atom is 0.234 e. The van der Waals surface area contributed by atoms with Gasteiger partial charge in [0.25, 0.3) is 0 Å². The van der Waals surface area contributed by atoms with E-state index in [1.807, 2.05) is 0 Å². The Bertz CT molecular complexity index is 291. The van der Waals surface area contributed by atoms with E-state index in [9.17, 15) is 4.79 Å². The number of nitrogens with one attached hydrogen (secondary N) is 1. The molecule has 0 aromatic rings. The highest BCUT2D eigenvalue weighted by atomic mass is 16.2. The van der Waals surface area contributed by atoms with E-state index in [2.05, 4.69) is 49.7 Å². The van der Waals surface area contributed by atoms with E-state index < -0.39 is 0 Å². The van der Waals surface area contributed by atoms with Gasteiger partial charge >= 0.3 is 0 Å². The van der Waals surface area contributed by atoms with Gasteiger partial charge in [0.15, 0.2) is 0 Å². The van der Waals surface area contributed by atoms with Crippen LogP contribution in [0, 0.1) is 11.8 Å². The van der Waals surface area contributed by atoms with Crippen molar-refractivity contribution in [1.82, 2.24) is 15.1 Å². The first kappa shape index (κ1) is 17.4. The Hall–Kier alpha value is -0.610. The van der Waals surface area contributed by atoms with E-state index in [-0.39, 0.29) is 11.9 Å². The minimum Gasteiger partial charge on any atom is -0.352 e. The summed E-state index contributed by atoms with van der Waals surface area (Å²) < 4.78 is 0. The lowest BCUT2D eigenvalue weighted by Crippen LogP contribution is -2.43. The second-order valence-corrected chi connectivity index (χ2v) is 6.92. The van der Waals surface area contributed by atoms with Crippen LogP contribution in [0.25, 0.3) is 0 Å². The van der Waals surface area contributed by atoms with Crippen LogP contribution in [0.3, 0.4) is 0 Å². The molecule has 4 heteroatoms. The monoisotopic (exact) mass is 283 g/mol. The fraction of sp³-hybridized carbons (Fsp3) is 0.938. The fourth-order valence-electron chi connectivity index (χ4n) is 2.55. The van der Waals surface area contributed by atoms with Crippen molar-refractivity contribution in [2.24, 2.45) is 11.8 Å². The first-order chi connectivity index (χ1) is 9.38. The summed E-state index contributed by atoms with van der Waals surface area (Å²) in [5, 5.41) is 3.10. The minimum absolute atomic E-state index is 0.170. The predicted octanol–water partition coefficient (Wildman–Crippen LogP) is 1.81. The van der Waals surface area contributed by atoms with Crippen molar-refractivity contribution < 1.29 is 4.79 Å². The summed E-state index contributed by atoms with van der Waals surface area (Å²) >= 11 is 0. The number of carbonyl (C=O) groups excluding carboxylic acids is 1. The van der Waals surface area contributed by atoms with E-state index in [1.165, 1.54) is 19.5 Å². The average Bonchev–Trinajstić information content (AvgIpc) is 2.54. The molecule has 1 aliphatic heterocycles. The molecule has 1 heterocycles. The molecular formula is C16H33N3O. The quantitative estimate of drug-likeness (QED) is 0.807. The standard InChI is InChI=1S/C16H33N3O/c1-13(2)11-18-7-6-8-19(10-9-18)12-16(20)17-15(5)14(3)4/h13-15H,6-12H2,1-5H3,(H,17,20)/t15-/m1/s1. The third-order valence-corrected chi connectivity index (χ3v) is 4.06. The van der Waals surface area contributed by atoms with Crippen LogP contribution in [0.4, 0.5) is 0 Å². The van der Waals surface area contributed by atoms with Gasteiger partial charge in [0.2, 0.25) is 5.91 Å². The zero-order chi connectivity index (χ0) is 15.1. The van der Waals surface area contributed by atoms with Crippen molar-refractivity contribution >= 4 is 5.91 Å². The van der Waals surface area contributed by atoms with E-state index in [4.69, 9.17) is 0 Å². The Kier molecular flexibility index (Phi) is 7.52. The molecule has 0 bridgehead atoms. The fourth-order valence-corrected chi connectivity index (χ4v) is 2.55. The summed E-state index contributed by atoms with van der Waals surface area (Å²) in [6.45, 7) is 16.9. The van der Waals surface area contributed by atoms with Gasteiger partial charge < -0.3 is 10.2 Å². The van der Waals surface area contributed by atoms with Crippen molar-refractivity contribution in [2.45, 2.75) is 47.1 Å². The van der Waals surface area contributed by atoms with Crippen LogP contribution >= 0.6 is 0 Å². The molecule has 20 heavy (non-hydrogen) atoms. The number of hydrogen-bond donors (Lipinski definition) is 1. The Labute approximate surface area is 124 Å². The molecule has 4 nitrogen and oxygen atoms in total. The number of nitrogens with zero attached hydrogens (tertiary/aromatic N) is 2. The van der Waals surface area contributed by atoms with Gasteiger partial charge in [-0.3, -0.25) is 9.69 Å². The molecule has 0 aliphatic carbocycles. The van der Waals surface area contributed by atoms with E-state index >= 15 is 0 Å². The zero-order valence-electron chi connectivity index (χ0n) is 14.0. The Balaban J connectivity index is 2.32. The van der Waals surface area contributed by atoms with Gasteiger partial charge in [-0.05, 0) is 38.3 Å². The molecule has 0 unspecified atom stereocenters. The summed E-state index contributed by atoms with van der Waals surface area (Å²) in [7, 11) is 0. The van der Waals surface area contributed by atoms with Gasteiger partial charge in [-0.25, -0.2) is 0 Å². The van der Waals surface area contributed by atoms with Gasteiger partial charge in [-0.1, -0.05) is 27.7 Å². The predicted molar refractivity (Wildman–Crippen MR) is 84.8 cm³/mol. The van der Waals surface area contributed by atoms with Gasteiger partial charge in [0.1, 0.15) is 0 Å². The number of hydrogen-bond acceptors (Lipinski definition) is 3. The normalized spacial score (nSPS) is 20.1. The van der Waals surface area contributed by atoms with Gasteiger partial charge in [-0.2, -0.15) is 0 Å². The van der Waals surface area contributed by atoms with Crippen molar-refractivity contribution in [2.75, 3.05) is 39.3 Å². The second kappa shape index (κ2) is 8.63. The van der Waals surface area contributed by atoms with Crippen molar-refractivity contribution in [1.29, 1.82) is 0 Å². The third-order valence-electron chi connectivity index (χ3n) is 4.06. The highest BCUT2D eigenvalue weighted by molar-refractivity contribution is 5.78. The largest absolute Gasteiger partial charge is 0.352 e. The number of amides is 1. The molecule has 1 rings (SSSR count). The van der Waals surface area contributed by atoms with E-state index in [0.29, 0.717) is 12.5 Å². The van der Waals surface area contributed by atoms with Crippen LogP contribution < -0.4 is 5.32 Å². The molecule has 118 valence electrons. The molecule has 1 amide bonds. The van der Waals surface area contributed by atoms with Crippen LogP contribution in [0.1, 0.15) is 41.0 Å². The number of carbonyl (C=O) groups is 1. The lowest BCUT2D eigenvalue weighted by Gasteiger charge is -2.24. The first-order valence-electron chi connectivity index (χ1n) is 8.12. The summed E-state index contributed by atoms with van der Waals surface area (Å²) in [6, 6.07) is 0.256. The molecule has 0 spiro atoms. The maximum absolute atomic E-state index is 12.0. The maximum atomic E-state index is 12.0. The summed E-state index contributed by atoms with van der Waals surface area (Å²) in [6.07, 6.45) is 1.17. The molecule has 0 aromatic heterocycles. The van der Waals surface area contributed by atoms with Gasteiger partial charge in [0.05, 0.1) is 6.54 Å². The Morgan fingerprint density at radius 2 is 1.60 bits per heavy atom. The highest BCUT2D eigenvalue weighted by Crippen LogP contribution is 2.06. The van der Waals surface area contributed by atoms with E-state index in [0.717, 1.165) is 25.6 Å². The third kappa shape index (κ3) is 6.71. The highest BCUT2D eigenvalue weighted by Gasteiger charge is 2.18. The van der Waals surface area contributed by atoms with Crippen molar-refractivity contribution in [3.63, 3.8) is 0 Å². The molecule has 1 atom stereocenters. The molecule has 1 fully saturated rings. The molecular weight excluding hydrogens is 250 g/mol. The summed E-state index contributed by atoms with van der Waals surface area (Å²) in [4.78, 5) is 16.9. The molecule has 1 saturated heterocycles. The molecule has 0 aromatic carbocycles. The van der Waals surface area contributed by atoms with Gasteiger partial charge in [-0.15, -0.1) is 0 Å². The molecule has 0 radical (unpaired) electrons. The average molecular weight is 283 g/mol. The summed E-state index contributed by atoms with van der Waals surface area (Å²) in [5.41, 5.74) is 0. The lowest BCUT2D eigenvalue weighted by molar-refractivity contribution is -0.123. The lowest BCUT2D eigenvalue weighted by atomic mass is 10.1. The van der Waals surface area contributed by atoms with Crippen LogP contribution in [-0.2, 0) is 4.79 Å². The Morgan fingerprint density at radius 1 is 1.00 bits per heavy atom. The minimum atomic E-state index is 0.170. The molecule has 0 saturated carbocycles. The molecule has 1 N–H and O–H groups in total. The first-order valence-corrected chi connectivity index (χ1v) is 8.12. The van der Waals surface area contributed by atoms with Crippen molar-refractivity contribution in [3.05, 3.63) is 0 Å². The molecule has 1 aliphatic rings. The van der Waals surface area contributed by atoms with Crippen LogP contribution in [0.2, 0.25) is 0 Å². The topological polar surface area (TPSA) is 35.6 Å². The SMILES string of the molecule is CC(C)CN1CCCN(CC(=O)N[C@H](C)C(C)C)CC1. The zero-order valence-corrected chi connectivity index (χ0v) is 14.0. The van der Waals surface area contributed by atoms with E-state index in [1.54, 1.807) is 0 Å². The van der Waals surface area contributed by atoms with Crippen molar-refractivity contribution in [3.8, 4) is 0 Å². The second-order valence-electron chi connectivity index (χ2n) is 6.92. The van der Waals surface area contributed by atoms with Crippen LogP contribution in [-0.4, -0.2) is 61.0 Å². The number of rotatable bonds is 6.